The van der Waals surface area contributed by atoms with Gasteiger partial charge in [0.2, 0.25) is 11.6 Å². The van der Waals surface area contributed by atoms with Gasteiger partial charge < -0.3 is 20.5 Å². The van der Waals surface area contributed by atoms with Gasteiger partial charge in [0.1, 0.15) is 0 Å². The molecule has 3 N–H and O–H groups in total. The second kappa shape index (κ2) is 9.54. The molecule has 0 unspecified atom stereocenters. The summed E-state index contributed by atoms with van der Waals surface area (Å²) >= 11 is 0. The summed E-state index contributed by atoms with van der Waals surface area (Å²) in [7, 11) is 1.24. The molecule has 3 rings (SSSR count). The fraction of sp³-hybridized carbons (Fsp3) is 0.136. The van der Waals surface area contributed by atoms with E-state index in [-0.39, 0.29) is 30.2 Å². The number of nitriles is 1. The number of ether oxygens (including phenoxy) is 2. The molecule has 0 radical (unpaired) electrons. The third-order valence-electron chi connectivity index (χ3n) is 4.29. The van der Waals surface area contributed by atoms with Crippen molar-refractivity contribution < 1.29 is 23.0 Å². The van der Waals surface area contributed by atoms with E-state index in [1.54, 1.807) is 24.3 Å². The Morgan fingerprint density at radius 1 is 1.16 bits per heavy atom. The molecule has 158 valence electrons. The maximum Gasteiger partial charge on any atom is 0.305 e. The second-order valence-corrected chi connectivity index (χ2v) is 6.47. The van der Waals surface area contributed by atoms with Crippen LogP contribution in [0, 0.1) is 23.0 Å². The van der Waals surface area contributed by atoms with Gasteiger partial charge in [0.05, 0.1) is 24.4 Å². The normalized spacial score (nSPS) is 10.3. The molecule has 7 nitrogen and oxygen atoms in total. The van der Waals surface area contributed by atoms with E-state index in [0.717, 1.165) is 12.1 Å². The Morgan fingerprint density at radius 2 is 1.84 bits per heavy atom. The fourth-order valence-electron chi connectivity index (χ4n) is 2.68. The van der Waals surface area contributed by atoms with Crippen molar-refractivity contribution in [3.63, 3.8) is 0 Å². The molecular weight excluding hydrogens is 406 g/mol. The summed E-state index contributed by atoms with van der Waals surface area (Å²) in [5.74, 6) is -2.82. The van der Waals surface area contributed by atoms with Gasteiger partial charge in [-0.3, -0.25) is 4.79 Å². The lowest BCUT2D eigenvalue weighted by molar-refractivity contribution is -0.140. The minimum Gasteiger partial charge on any atom is -0.469 e. The van der Waals surface area contributed by atoms with Crippen LogP contribution >= 0.6 is 0 Å². The van der Waals surface area contributed by atoms with Gasteiger partial charge in [-0.05, 0) is 54.4 Å². The summed E-state index contributed by atoms with van der Waals surface area (Å²) in [5.41, 5.74) is 7.60. The maximum atomic E-state index is 14.4. The number of esters is 1. The molecule has 0 saturated heterocycles. The Bertz CT molecular complexity index is 1120. The molecular formula is C22H18F2N4O3. The predicted octanol–water partition coefficient (Wildman–Crippen LogP) is 4.46. The number of nitrogens with one attached hydrogen (secondary N) is 1. The highest BCUT2D eigenvalue weighted by Gasteiger charge is 2.16. The molecule has 2 aromatic carbocycles. The highest BCUT2D eigenvalue weighted by atomic mass is 19.1. The van der Waals surface area contributed by atoms with Gasteiger partial charge in [-0.25, -0.2) is 8.78 Å². The van der Waals surface area contributed by atoms with E-state index in [4.69, 9.17) is 15.7 Å². The van der Waals surface area contributed by atoms with Crippen LogP contribution in [0.2, 0.25) is 0 Å². The third-order valence-corrected chi connectivity index (χ3v) is 4.29. The van der Waals surface area contributed by atoms with Crippen LogP contribution < -0.4 is 15.8 Å². The number of nitrogen functional groups attached to an aromatic ring is 1. The Kier molecular flexibility index (Phi) is 6.62. The summed E-state index contributed by atoms with van der Waals surface area (Å²) in [6, 6.07) is 13.6. The van der Waals surface area contributed by atoms with Crippen molar-refractivity contribution in [2.24, 2.45) is 0 Å². The number of rotatable bonds is 7. The van der Waals surface area contributed by atoms with Crippen molar-refractivity contribution in [1.29, 1.82) is 5.26 Å². The van der Waals surface area contributed by atoms with E-state index < -0.39 is 23.4 Å². The first-order valence-corrected chi connectivity index (χ1v) is 9.16. The van der Waals surface area contributed by atoms with Gasteiger partial charge in [-0.1, -0.05) is 0 Å². The van der Waals surface area contributed by atoms with Crippen molar-refractivity contribution in [1.82, 2.24) is 4.98 Å². The predicted molar refractivity (Wildman–Crippen MR) is 110 cm³/mol. The number of hydrogen-bond acceptors (Lipinski definition) is 7. The first kappa shape index (κ1) is 21.5. The number of carbonyl (C=O) groups excluding carboxylic acids is 1. The Hall–Kier alpha value is -4.19. The van der Waals surface area contributed by atoms with E-state index in [0.29, 0.717) is 16.8 Å². The van der Waals surface area contributed by atoms with E-state index in [1.807, 2.05) is 6.07 Å². The number of carbonyl (C=O) groups is 1. The van der Waals surface area contributed by atoms with Crippen LogP contribution in [0.3, 0.4) is 0 Å². The molecule has 0 aliphatic rings. The average Bonchev–Trinajstić information content (AvgIpc) is 2.77. The van der Waals surface area contributed by atoms with Gasteiger partial charge in [-0.15, -0.1) is 0 Å². The summed E-state index contributed by atoms with van der Waals surface area (Å²) in [6.45, 7) is 0. The molecule has 9 heteroatoms. The number of hydrogen-bond donors (Lipinski definition) is 2. The first-order chi connectivity index (χ1) is 14.9. The number of aromatic nitrogens is 1. The number of methoxy groups -OCH3 is 1. The topological polar surface area (TPSA) is 110 Å². The third kappa shape index (κ3) is 5.45. The first-order valence-electron chi connectivity index (χ1n) is 9.16. The van der Waals surface area contributed by atoms with Crippen molar-refractivity contribution in [2.75, 3.05) is 18.2 Å². The van der Waals surface area contributed by atoms with Crippen molar-refractivity contribution in [2.45, 2.75) is 12.8 Å². The quantitative estimate of drug-likeness (QED) is 0.539. The molecule has 0 saturated carbocycles. The average molecular weight is 424 g/mol. The largest absolute Gasteiger partial charge is 0.469 e. The van der Waals surface area contributed by atoms with Crippen LogP contribution in [0.4, 0.5) is 26.0 Å². The molecule has 0 spiro atoms. The molecule has 1 heterocycles. The summed E-state index contributed by atoms with van der Waals surface area (Å²) < 4.78 is 38.7. The van der Waals surface area contributed by atoms with Crippen LogP contribution in [-0.4, -0.2) is 18.1 Å². The molecule has 3 aromatic rings. The Balaban J connectivity index is 1.78. The highest BCUT2D eigenvalue weighted by molar-refractivity contribution is 5.70. The van der Waals surface area contributed by atoms with E-state index in [9.17, 15) is 13.6 Å². The van der Waals surface area contributed by atoms with Gasteiger partial charge >= 0.3 is 5.97 Å². The smallest absolute Gasteiger partial charge is 0.305 e. The van der Waals surface area contributed by atoms with E-state index >= 15 is 0 Å². The summed E-state index contributed by atoms with van der Waals surface area (Å²) in [6.07, 6.45) is 0.124. The number of benzene rings is 2. The molecule has 0 amide bonds. The van der Waals surface area contributed by atoms with Gasteiger partial charge in [0, 0.05) is 18.2 Å². The van der Waals surface area contributed by atoms with Gasteiger partial charge in [-0.2, -0.15) is 10.2 Å². The van der Waals surface area contributed by atoms with Crippen molar-refractivity contribution in [3.8, 4) is 17.7 Å². The number of anilines is 3. The summed E-state index contributed by atoms with van der Waals surface area (Å²) in [4.78, 5) is 15.4. The Labute approximate surface area is 177 Å². The van der Waals surface area contributed by atoms with E-state index in [2.05, 4.69) is 15.0 Å². The lowest BCUT2D eigenvalue weighted by atomic mass is 10.1. The van der Waals surface area contributed by atoms with Crippen molar-refractivity contribution in [3.05, 3.63) is 71.3 Å². The molecule has 0 fully saturated rings. The molecule has 0 bridgehead atoms. The highest BCUT2D eigenvalue weighted by Crippen LogP contribution is 2.31. The zero-order valence-corrected chi connectivity index (χ0v) is 16.5. The minimum absolute atomic E-state index is 0.000519. The SMILES string of the molecule is COC(=O)CCc1cc(F)c(Oc2ccc(N)c(Nc3ccc(C#N)cc3)n2)c(F)c1. The number of aryl methyl sites for hydroxylation is 1. The lowest BCUT2D eigenvalue weighted by Crippen LogP contribution is -2.04. The molecule has 0 atom stereocenters. The number of pyridine rings is 1. The van der Waals surface area contributed by atoms with E-state index in [1.165, 1.54) is 19.2 Å². The van der Waals surface area contributed by atoms with Gasteiger partial charge in [0.25, 0.3) is 0 Å². The summed E-state index contributed by atoms with van der Waals surface area (Å²) in [5, 5.41) is 11.8. The molecule has 0 aliphatic heterocycles. The number of nitrogens with two attached hydrogens (primary N) is 1. The Morgan fingerprint density at radius 3 is 2.45 bits per heavy atom. The molecule has 0 aliphatic carbocycles. The second-order valence-electron chi connectivity index (χ2n) is 6.47. The fourth-order valence-corrected chi connectivity index (χ4v) is 2.68. The number of halogens is 2. The number of nitrogens with zero attached hydrogens (tertiary/aromatic N) is 2. The van der Waals surface area contributed by atoms with Crippen LogP contribution in [0.25, 0.3) is 0 Å². The zero-order valence-electron chi connectivity index (χ0n) is 16.5. The zero-order chi connectivity index (χ0) is 22.4. The van der Waals surface area contributed by atoms with Crippen LogP contribution in [-0.2, 0) is 16.0 Å². The molecule has 1 aromatic heterocycles. The van der Waals surface area contributed by atoms with Crippen LogP contribution in [0.1, 0.15) is 17.5 Å². The lowest BCUT2D eigenvalue weighted by Gasteiger charge is -2.12. The van der Waals surface area contributed by atoms with Crippen molar-refractivity contribution >= 4 is 23.2 Å². The standard InChI is InChI=1S/C22H18F2N4O3/c1-30-20(29)9-4-14-10-16(23)21(17(24)11-14)31-19-8-7-18(26)22(28-19)27-15-5-2-13(12-25)3-6-15/h2-3,5-8,10-11H,4,9,26H2,1H3,(H,27,28). The minimum atomic E-state index is -0.930. The maximum absolute atomic E-state index is 14.4. The van der Waals surface area contributed by atoms with Gasteiger partial charge in [0.15, 0.2) is 17.5 Å². The monoisotopic (exact) mass is 424 g/mol. The van der Waals surface area contributed by atoms with Crippen LogP contribution in [0.5, 0.6) is 11.6 Å². The van der Waals surface area contributed by atoms with Crippen LogP contribution in [0.15, 0.2) is 48.5 Å². The molecule has 31 heavy (non-hydrogen) atoms.